The first-order valence-electron chi connectivity index (χ1n) is 6.12. The van der Waals surface area contributed by atoms with Gasteiger partial charge in [0.2, 0.25) is 5.91 Å². The summed E-state index contributed by atoms with van der Waals surface area (Å²) < 4.78 is 1.08. The van der Waals surface area contributed by atoms with Crippen LogP contribution in [0.1, 0.15) is 31.6 Å². The zero-order chi connectivity index (χ0) is 13.3. The van der Waals surface area contributed by atoms with Gasteiger partial charge >= 0.3 is 0 Å². The average Bonchev–Trinajstić information content (AvgIpc) is 2.82. The molecular formula is C13H18BrNO2S. The molecule has 1 aliphatic heterocycles. The molecule has 2 heterocycles. The van der Waals surface area contributed by atoms with Crippen LogP contribution in [0.4, 0.5) is 0 Å². The Labute approximate surface area is 120 Å². The number of nitrogens with zero attached hydrogens (tertiary/aromatic N) is 1. The Hall–Kier alpha value is -0.390. The van der Waals surface area contributed by atoms with Gasteiger partial charge in [-0.1, -0.05) is 0 Å². The lowest BCUT2D eigenvalue weighted by Gasteiger charge is -2.33. The highest BCUT2D eigenvalue weighted by Gasteiger charge is 2.42. The average molecular weight is 332 g/mol. The van der Waals surface area contributed by atoms with E-state index >= 15 is 0 Å². The third-order valence-corrected chi connectivity index (χ3v) is 5.40. The maximum absolute atomic E-state index is 12.2. The van der Waals surface area contributed by atoms with Gasteiger partial charge in [-0.05, 0) is 48.7 Å². The molecule has 3 nitrogen and oxygen atoms in total. The fourth-order valence-corrected chi connectivity index (χ4v) is 3.82. The molecule has 0 radical (unpaired) electrons. The molecule has 1 amide bonds. The topological polar surface area (TPSA) is 40.5 Å². The normalized spacial score (nSPS) is 22.4. The van der Waals surface area contributed by atoms with E-state index in [0.717, 1.165) is 10.9 Å². The molecule has 5 heteroatoms. The number of hydrogen-bond donors (Lipinski definition) is 1. The van der Waals surface area contributed by atoms with E-state index in [0.29, 0.717) is 19.4 Å². The van der Waals surface area contributed by atoms with Crippen molar-refractivity contribution in [1.82, 2.24) is 4.90 Å². The van der Waals surface area contributed by atoms with E-state index in [-0.39, 0.29) is 5.91 Å². The monoisotopic (exact) mass is 331 g/mol. The second kappa shape index (κ2) is 5.31. The first-order chi connectivity index (χ1) is 8.41. The molecule has 0 spiro atoms. The van der Waals surface area contributed by atoms with Gasteiger partial charge in [-0.25, -0.2) is 0 Å². The van der Waals surface area contributed by atoms with Crippen LogP contribution in [0.2, 0.25) is 0 Å². The molecule has 1 N–H and O–H groups in total. The van der Waals surface area contributed by atoms with Crippen molar-refractivity contribution >= 4 is 33.2 Å². The van der Waals surface area contributed by atoms with Crippen LogP contribution >= 0.6 is 27.3 Å². The van der Waals surface area contributed by atoms with Crippen molar-refractivity contribution in [3.63, 3.8) is 0 Å². The van der Waals surface area contributed by atoms with Gasteiger partial charge in [0.1, 0.15) is 0 Å². The maximum Gasteiger partial charge on any atom is 0.223 e. The Morgan fingerprint density at radius 1 is 1.67 bits per heavy atom. The predicted octanol–water partition coefficient (Wildman–Crippen LogP) is 2.82. The van der Waals surface area contributed by atoms with Gasteiger partial charge in [0.15, 0.2) is 0 Å². The fraction of sp³-hybridized carbons (Fsp3) is 0.615. The van der Waals surface area contributed by atoms with E-state index in [1.165, 1.54) is 4.88 Å². The smallest absolute Gasteiger partial charge is 0.223 e. The molecule has 0 aromatic carbocycles. The van der Waals surface area contributed by atoms with Crippen LogP contribution in [0.15, 0.2) is 15.9 Å². The molecule has 1 unspecified atom stereocenters. The van der Waals surface area contributed by atoms with Gasteiger partial charge in [-0.3, -0.25) is 4.79 Å². The second-order valence-corrected chi connectivity index (χ2v) is 7.15. The maximum atomic E-state index is 12.2. The number of halogens is 1. The third kappa shape index (κ3) is 2.78. The minimum Gasteiger partial charge on any atom is -0.391 e. The number of amides is 1. The highest BCUT2D eigenvalue weighted by molar-refractivity contribution is 9.10. The number of carbonyl (C=O) groups excluding carboxylic acids is 1. The van der Waals surface area contributed by atoms with E-state index in [9.17, 15) is 9.90 Å². The molecule has 1 aromatic heterocycles. The summed E-state index contributed by atoms with van der Waals surface area (Å²) in [5.74, 6) is 0.140. The van der Waals surface area contributed by atoms with Crippen molar-refractivity contribution in [3.8, 4) is 0 Å². The number of likely N-dealkylation sites (tertiary alicyclic amines) is 1. The summed E-state index contributed by atoms with van der Waals surface area (Å²) >= 11 is 5.08. The number of rotatable bonds is 3. The molecule has 0 aliphatic carbocycles. The van der Waals surface area contributed by atoms with Gasteiger partial charge in [0, 0.05) is 27.7 Å². The van der Waals surface area contributed by atoms with Gasteiger partial charge in [-0.15, -0.1) is 11.3 Å². The summed E-state index contributed by atoms with van der Waals surface area (Å²) in [5.41, 5.74) is -0.423. The number of aryl methyl sites for hydroxylation is 1. The number of hydrogen-bond acceptors (Lipinski definition) is 3. The Bertz CT molecular complexity index is 444. The van der Waals surface area contributed by atoms with E-state index in [1.54, 1.807) is 11.3 Å². The quantitative estimate of drug-likeness (QED) is 0.925. The molecule has 18 heavy (non-hydrogen) atoms. The predicted molar refractivity (Wildman–Crippen MR) is 76.8 cm³/mol. The third-order valence-electron chi connectivity index (χ3n) is 3.65. The molecule has 1 fully saturated rings. The highest BCUT2D eigenvalue weighted by atomic mass is 79.9. The number of carbonyl (C=O) groups is 1. The lowest BCUT2D eigenvalue weighted by atomic mass is 9.98. The number of thiophene rings is 1. The van der Waals surface area contributed by atoms with Crippen molar-refractivity contribution < 1.29 is 9.90 Å². The highest BCUT2D eigenvalue weighted by Crippen LogP contribution is 2.30. The Morgan fingerprint density at radius 2 is 2.39 bits per heavy atom. The van der Waals surface area contributed by atoms with Crippen LogP contribution < -0.4 is 0 Å². The summed E-state index contributed by atoms with van der Waals surface area (Å²) in [4.78, 5) is 15.2. The lowest BCUT2D eigenvalue weighted by molar-refractivity contribution is -0.136. The van der Waals surface area contributed by atoms with Crippen molar-refractivity contribution in [2.24, 2.45) is 0 Å². The van der Waals surface area contributed by atoms with Gasteiger partial charge < -0.3 is 10.0 Å². The Balaban J connectivity index is 1.93. The van der Waals surface area contributed by atoms with E-state index in [4.69, 9.17) is 0 Å². The van der Waals surface area contributed by atoms with Crippen LogP contribution in [0.5, 0.6) is 0 Å². The van der Waals surface area contributed by atoms with Gasteiger partial charge in [0.25, 0.3) is 0 Å². The van der Waals surface area contributed by atoms with Crippen LogP contribution in [0.3, 0.4) is 0 Å². The summed E-state index contributed by atoms with van der Waals surface area (Å²) in [6.45, 7) is 4.54. The molecule has 1 aliphatic rings. The standard InChI is InChI=1S/C13H18BrNO2S/c1-13(2)11(16)5-6-15(13)12(17)4-3-10-7-9(14)8-18-10/h7-8,11,16H,3-6H2,1-2H3. The van der Waals surface area contributed by atoms with Crippen molar-refractivity contribution in [2.75, 3.05) is 6.54 Å². The molecule has 0 saturated carbocycles. The SMILES string of the molecule is CC1(C)C(O)CCN1C(=O)CCc1cc(Br)cs1. The lowest BCUT2D eigenvalue weighted by Crippen LogP contribution is -2.48. The molecule has 2 rings (SSSR count). The molecule has 1 aromatic rings. The molecule has 1 atom stereocenters. The second-order valence-electron chi connectivity index (χ2n) is 5.23. The minimum absolute atomic E-state index is 0.140. The number of aliphatic hydroxyl groups is 1. The summed E-state index contributed by atoms with van der Waals surface area (Å²) in [7, 11) is 0. The van der Waals surface area contributed by atoms with Gasteiger partial charge in [0.05, 0.1) is 11.6 Å². The first-order valence-corrected chi connectivity index (χ1v) is 7.80. The van der Waals surface area contributed by atoms with Crippen molar-refractivity contribution in [3.05, 3.63) is 20.8 Å². The van der Waals surface area contributed by atoms with Crippen LogP contribution in [0, 0.1) is 0 Å². The molecule has 1 saturated heterocycles. The van der Waals surface area contributed by atoms with Crippen LogP contribution in [0.25, 0.3) is 0 Å². The summed E-state index contributed by atoms with van der Waals surface area (Å²) in [6, 6.07) is 2.06. The Kier molecular flexibility index (Phi) is 4.14. The molecular weight excluding hydrogens is 314 g/mol. The first kappa shape index (κ1) is 14.0. The molecule has 0 bridgehead atoms. The zero-order valence-corrected chi connectivity index (χ0v) is 13.1. The van der Waals surface area contributed by atoms with Crippen molar-refractivity contribution in [2.45, 2.75) is 44.8 Å². The summed E-state index contributed by atoms with van der Waals surface area (Å²) in [6.07, 6.45) is 1.57. The molecule has 100 valence electrons. The van der Waals surface area contributed by atoms with E-state index in [2.05, 4.69) is 22.0 Å². The van der Waals surface area contributed by atoms with E-state index < -0.39 is 11.6 Å². The zero-order valence-electron chi connectivity index (χ0n) is 10.6. The van der Waals surface area contributed by atoms with Crippen molar-refractivity contribution in [1.29, 1.82) is 0 Å². The van der Waals surface area contributed by atoms with Gasteiger partial charge in [-0.2, -0.15) is 0 Å². The van der Waals surface area contributed by atoms with E-state index in [1.807, 2.05) is 24.1 Å². The minimum atomic E-state index is -0.423. The Morgan fingerprint density at radius 3 is 2.89 bits per heavy atom. The summed E-state index contributed by atoms with van der Waals surface area (Å²) in [5, 5.41) is 11.9. The fourth-order valence-electron chi connectivity index (χ4n) is 2.37. The van der Waals surface area contributed by atoms with Crippen LogP contribution in [-0.4, -0.2) is 34.1 Å². The number of aliphatic hydroxyl groups excluding tert-OH is 1. The van der Waals surface area contributed by atoms with Crippen LogP contribution in [-0.2, 0) is 11.2 Å². The largest absolute Gasteiger partial charge is 0.391 e.